The van der Waals surface area contributed by atoms with Crippen molar-refractivity contribution in [3.05, 3.63) is 58.0 Å². The second kappa shape index (κ2) is 5.71. The van der Waals surface area contributed by atoms with Gasteiger partial charge in [0.05, 0.1) is 30.0 Å². The first kappa shape index (κ1) is 13.4. The van der Waals surface area contributed by atoms with Gasteiger partial charge in [0.15, 0.2) is 0 Å². The van der Waals surface area contributed by atoms with Crippen LogP contribution in [-0.4, -0.2) is 18.0 Å². The summed E-state index contributed by atoms with van der Waals surface area (Å²) in [6.07, 6.45) is 1.33. The summed E-state index contributed by atoms with van der Waals surface area (Å²) < 4.78 is 5.12. The van der Waals surface area contributed by atoms with E-state index in [0.29, 0.717) is 22.6 Å². The Morgan fingerprint density at radius 2 is 2.15 bits per heavy atom. The van der Waals surface area contributed by atoms with Gasteiger partial charge in [0.25, 0.3) is 5.91 Å². The largest absolute Gasteiger partial charge is 0.495 e. The lowest BCUT2D eigenvalue weighted by Gasteiger charge is -2.10. The zero-order chi connectivity index (χ0) is 14.5. The Hall–Kier alpha value is -3.07. The molecule has 0 bridgehead atoms. The van der Waals surface area contributed by atoms with Gasteiger partial charge in [-0.05, 0) is 18.2 Å². The number of H-pyrrole nitrogens is 1. The number of aromatic nitrogens is 1. The van der Waals surface area contributed by atoms with E-state index in [1.165, 1.54) is 31.5 Å². The first-order valence-corrected chi connectivity index (χ1v) is 5.72. The molecule has 6 heteroatoms. The number of aromatic amines is 1. The fourth-order valence-electron chi connectivity index (χ4n) is 1.61. The zero-order valence-corrected chi connectivity index (χ0v) is 10.6. The molecule has 2 aromatic rings. The molecule has 1 amide bonds. The average Bonchev–Trinajstić information content (AvgIpc) is 2.48. The van der Waals surface area contributed by atoms with E-state index in [9.17, 15) is 9.59 Å². The Labute approximate surface area is 114 Å². The number of nitrogens with zero attached hydrogens (tertiary/aromatic N) is 1. The molecule has 0 aliphatic carbocycles. The van der Waals surface area contributed by atoms with Crippen LogP contribution in [0.4, 0.5) is 5.69 Å². The van der Waals surface area contributed by atoms with Gasteiger partial charge in [0.2, 0.25) is 5.56 Å². The van der Waals surface area contributed by atoms with E-state index >= 15 is 0 Å². The first-order valence-electron chi connectivity index (χ1n) is 5.72. The number of carbonyl (C=O) groups is 1. The summed E-state index contributed by atoms with van der Waals surface area (Å²) in [5.41, 5.74) is 0.917. The predicted octanol–water partition coefficient (Wildman–Crippen LogP) is 1.51. The Balaban J connectivity index is 2.26. The molecule has 6 nitrogen and oxygen atoms in total. The van der Waals surface area contributed by atoms with Gasteiger partial charge >= 0.3 is 0 Å². The number of amides is 1. The van der Waals surface area contributed by atoms with E-state index in [1.54, 1.807) is 12.1 Å². The molecule has 2 N–H and O–H groups in total. The molecule has 100 valence electrons. The molecule has 2 rings (SSSR count). The van der Waals surface area contributed by atoms with Crippen LogP contribution < -0.4 is 15.6 Å². The minimum Gasteiger partial charge on any atom is -0.495 e. The van der Waals surface area contributed by atoms with Gasteiger partial charge in [0.1, 0.15) is 5.75 Å². The van der Waals surface area contributed by atoms with Crippen LogP contribution in [0.5, 0.6) is 5.75 Å². The summed E-state index contributed by atoms with van der Waals surface area (Å²) in [6, 6.07) is 9.37. The molecule has 0 aliphatic rings. The summed E-state index contributed by atoms with van der Waals surface area (Å²) in [5, 5.41) is 11.5. The fourth-order valence-corrected chi connectivity index (χ4v) is 1.61. The van der Waals surface area contributed by atoms with E-state index in [0.717, 1.165) is 0 Å². The molecule has 0 aliphatic heterocycles. The van der Waals surface area contributed by atoms with Crippen molar-refractivity contribution in [2.45, 2.75) is 0 Å². The van der Waals surface area contributed by atoms with Crippen molar-refractivity contribution in [2.75, 3.05) is 12.4 Å². The van der Waals surface area contributed by atoms with Gasteiger partial charge in [-0.3, -0.25) is 9.59 Å². The summed E-state index contributed by atoms with van der Waals surface area (Å²) >= 11 is 0. The average molecular weight is 269 g/mol. The minimum absolute atomic E-state index is 0.280. The fraction of sp³-hybridized carbons (Fsp3) is 0.0714. The predicted molar refractivity (Wildman–Crippen MR) is 72.7 cm³/mol. The third-order valence-electron chi connectivity index (χ3n) is 2.63. The van der Waals surface area contributed by atoms with Crippen molar-refractivity contribution in [3.63, 3.8) is 0 Å². The lowest BCUT2D eigenvalue weighted by atomic mass is 10.2. The molecule has 0 fully saturated rings. The molecule has 1 aromatic heterocycles. The van der Waals surface area contributed by atoms with E-state index in [4.69, 9.17) is 10.00 Å². The van der Waals surface area contributed by atoms with E-state index in [1.807, 2.05) is 6.07 Å². The van der Waals surface area contributed by atoms with E-state index in [-0.39, 0.29) is 11.5 Å². The van der Waals surface area contributed by atoms with Gasteiger partial charge in [0, 0.05) is 18.3 Å². The van der Waals surface area contributed by atoms with Gasteiger partial charge in [-0.1, -0.05) is 0 Å². The maximum Gasteiger partial charge on any atom is 0.257 e. The maximum absolute atomic E-state index is 12.0. The molecule has 0 unspecified atom stereocenters. The third-order valence-corrected chi connectivity index (χ3v) is 2.63. The SMILES string of the molecule is COc1cc(C#N)ccc1NC(=O)c1ccc(=O)[nH]c1. The number of methoxy groups -OCH3 is 1. The molecule has 0 radical (unpaired) electrons. The normalized spacial score (nSPS) is 9.60. The smallest absolute Gasteiger partial charge is 0.257 e. The minimum atomic E-state index is -0.385. The van der Waals surface area contributed by atoms with Gasteiger partial charge in [-0.2, -0.15) is 5.26 Å². The Kier molecular flexibility index (Phi) is 3.82. The number of nitriles is 1. The highest BCUT2D eigenvalue weighted by molar-refractivity contribution is 6.04. The van der Waals surface area contributed by atoms with Crippen LogP contribution in [0.3, 0.4) is 0 Å². The van der Waals surface area contributed by atoms with Crippen molar-refractivity contribution < 1.29 is 9.53 Å². The standard InChI is InChI=1S/C14H11N3O3/c1-20-12-6-9(7-15)2-4-11(12)17-14(19)10-3-5-13(18)16-8-10/h2-6,8H,1H3,(H,16,18)(H,17,19). The molecule has 0 atom stereocenters. The lowest BCUT2D eigenvalue weighted by molar-refractivity contribution is 0.102. The molecular weight excluding hydrogens is 258 g/mol. The summed E-state index contributed by atoms with van der Waals surface area (Å²) in [6.45, 7) is 0. The molecular formula is C14H11N3O3. The van der Waals surface area contributed by atoms with E-state index < -0.39 is 0 Å². The Bertz CT molecular complexity index is 724. The first-order chi connectivity index (χ1) is 9.63. The summed E-state index contributed by atoms with van der Waals surface area (Å²) in [7, 11) is 1.45. The molecule has 0 saturated carbocycles. The van der Waals surface area contributed by atoms with Crippen LogP contribution in [0.2, 0.25) is 0 Å². The second-order valence-corrected chi connectivity index (χ2v) is 3.92. The Morgan fingerprint density at radius 3 is 2.75 bits per heavy atom. The maximum atomic E-state index is 12.0. The van der Waals surface area contributed by atoms with Crippen molar-refractivity contribution in [1.82, 2.24) is 4.98 Å². The van der Waals surface area contributed by atoms with Crippen molar-refractivity contribution >= 4 is 11.6 Å². The van der Waals surface area contributed by atoms with Crippen molar-refractivity contribution in [3.8, 4) is 11.8 Å². The number of anilines is 1. The molecule has 1 aromatic carbocycles. The van der Waals surface area contributed by atoms with Gasteiger partial charge in [-0.15, -0.1) is 0 Å². The Morgan fingerprint density at radius 1 is 1.35 bits per heavy atom. The lowest BCUT2D eigenvalue weighted by Crippen LogP contribution is -2.15. The number of nitrogens with one attached hydrogen (secondary N) is 2. The van der Waals surface area contributed by atoms with Crippen molar-refractivity contribution in [1.29, 1.82) is 5.26 Å². The van der Waals surface area contributed by atoms with Crippen LogP contribution in [0.25, 0.3) is 0 Å². The number of carbonyl (C=O) groups excluding carboxylic acids is 1. The molecule has 0 saturated heterocycles. The third kappa shape index (κ3) is 2.84. The highest BCUT2D eigenvalue weighted by atomic mass is 16.5. The van der Waals surface area contributed by atoms with Gasteiger partial charge < -0.3 is 15.0 Å². The number of hydrogen-bond acceptors (Lipinski definition) is 4. The van der Waals surface area contributed by atoms with E-state index in [2.05, 4.69) is 10.3 Å². The summed E-state index contributed by atoms with van der Waals surface area (Å²) in [4.78, 5) is 25.4. The highest BCUT2D eigenvalue weighted by Crippen LogP contribution is 2.25. The number of hydrogen-bond donors (Lipinski definition) is 2. The van der Waals surface area contributed by atoms with Crippen LogP contribution in [-0.2, 0) is 0 Å². The van der Waals surface area contributed by atoms with Crippen molar-refractivity contribution in [2.24, 2.45) is 0 Å². The quantitative estimate of drug-likeness (QED) is 0.882. The number of rotatable bonds is 3. The zero-order valence-electron chi connectivity index (χ0n) is 10.6. The van der Waals surface area contributed by atoms with Crippen LogP contribution in [0, 0.1) is 11.3 Å². The number of benzene rings is 1. The van der Waals surface area contributed by atoms with Gasteiger partial charge in [-0.25, -0.2) is 0 Å². The summed E-state index contributed by atoms with van der Waals surface area (Å²) in [5.74, 6) is 0.00563. The van der Waals surface area contributed by atoms with Crippen LogP contribution in [0.15, 0.2) is 41.3 Å². The molecule has 0 spiro atoms. The monoisotopic (exact) mass is 269 g/mol. The second-order valence-electron chi connectivity index (χ2n) is 3.92. The molecule has 20 heavy (non-hydrogen) atoms. The number of pyridine rings is 1. The molecule has 1 heterocycles. The number of ether oxygens (including phenoxy) is 1. The van der Waals surface area contributed by atoms with Crippen LogP contribution in [0.1, 0.15) is 15.9 Å². The van der Waals surface area contributed by atoms with Crippen LogP contribution >= 0.6 is 0 Å². The topological polar surface area (TPSA) is 95.0 Å². The highest BCUT2D eigenvalue weighted by Gasteiger charge is 2.10.